The van der Waals surface area contributed by atoms with E-state index in [1.807, 2.05) is 20.8 Å². The van der Waals surface area contributed by atoms with Crippen molar-refractivity contribution in [3.05, 3.63) is 82.3 Å². The predicted octanol–water partition coefficient (Wildman–Crippen LogP) is 5.16. The zero-order chi connectivity index (χ0) is 31.0. The Balaban J connectivity index is 2.03. The number of anilines is 1. The van der Waals surface area contributed by atoms with Crippen molar-refractivity contribution < 1.29 is 27.5 Å². The summed E-state index contributed by atoms with van der Waals surface area (Å²) in [6.07, 6.45) is 0. The van der Waals surface area contributed by atoms with E-state index in [1.54, 1.807) is 68.6 Å². The Morgan fingerprint density at radius 3 is 2.12 bits per heavy atom. The van der Waals surface area contributed by atoms with Gasteiger partial charge in [-0.1, -0.05) is 43.7 Å². The lowest BCUT2D eigenvalue weighted by Crippen LogP contribution is -2.51. The number of hydrogen-bond acceptors (Lipinski definition) is 6. The van der Waals surface area contributed by atoms with Gasteiger partial charge in [0.25, 0.3) is 10.0 Å². The largest absolute Gasteiger partial charge is 0.497 e. The summed E-state index contributed by atoms with van der Waals surface area (Å²) in [6, 6.07) is 17.6. The van der Waals surface area contributed by atoms with Gasteiger partial charge in [0, 0.05) is 13.1 Å². The number of carbonyl (C=O) groups excluding carboxylic acids is 2. The van der Waals surface area contributed by atoms with Gasteiger partial charge in [0.05, 0.1) is 29.3 Å². The molecule has 0 unspecified atom stereocenters. The SMILES string of the molecule is COc1ccc(CN(C(=O)CN(c2ccc(C)cc2)S(=O)(=O)c2ccc(OC)c(Br)c2)[C@@H](C)C(=O)NCC(C)C)cc1. The van der Waals surface area contributed by atoms with Crippen LogP contribution in [0.2, 0.25) is 0 Å². The molecule has 11 heteroatoms. The molecular weight excluding hydrogens is 622 g/mol. The Hall–Kier alpha value is -3.57. The minimum Gasteiger partial charge on any atom is -0.497 e. The van der Waals surface area contributed by atoms with E-state index in [-0.39, 0.29) is 23.3 Å². The summed E-state index contributed by atoms with van der Waals surface area (Å²) in [5, 5.41) is 2.88. The monoisotopic (exact) mass is 659 g/mol. The Bertz CT molecular complexity index is 1480. The number of ether oxygens (including phenoxy) is 2. The summed E-state index contributed by atoms with van der Waals surface area (Å²) in [6.45, 7) is 7.51. The molecule has 0 spiro atoms. The quantitative estimate of drug-likeness (QED) is 0.272. The molecule has 3 aromatic rings. The minimum absolute atomic E-state index is 0.0204. The lowest BCUT2D eigenvalue weighted by atomic mass is 10.1. The number of halogens is 1. The lowest BCUT2D eigenvalue weighted by molar-refractivity contribution is -0.139. The average Bonchev–Trinajstić information content (AvgIpc) is 2.97. The van der Waals surface area contributed by atoms with Crippen LogP contribution in [-0.2, 0) is 26.2 Å². The molecule has 9 nitrogen and oxygen atoms in total. The van der Waals surface area contributed by atoms with E-state index < -0.39 is 28.5 Å². The van der Waals surface area contributed by atoms with E-state index in [2.05, 4.69) is 21.2 Å². The second-order valence-corrected chi connectivity index (χ2v) is 13.0. The molecule has 0 heterocycles. The third-order valence-corrected chi connectivity index (χ3v) is 9.07. The van der Waals surface area contributed by atoms with Crippen LogP contribution in [0.4, 0.5) is 5.69 Å². The standard InChI is InChI=1S/C31H38BrN3O6S/c1-21(2)18-33-31(37)23(4)34(19-24-9-13-26(40-5)14-10-24)30(36)20-35(25-11-7-22(3)8-12-25)42(38,39)27-15-16-29(41-6)28(32)17-27/h7-17,21,23H,18-20H2,1-6H3,(H,33,37)/t23-/m0/s1. The van der Waals surface area contributed by atoms with Gasteiger partial charge in [-0.15, -0.1) is 0 Å². The van der Waals surface area contributed by atoms with Gasteiger partial charge in [-0.05, 0) is 83.7 Å². The average molecular weight is 661 g/mol. The van der Waals surface area contributed by atoms with Gasteiger partial charge in [0.15, 0.2) is 0 Å². The van der Waals surface area contributed by atoms with Crippen molar-refractivity contribution in [3.8, 4) is 11.5 Å². The van der Waals surface area contributed by atoms with Gasteiger partial charge in [0.2, 0.25) is 11.8 Å². The summed E-state index contributed by atoms with van der Waals surface area (Å²) in [5.74, 6) is 0.488. The number of amides is 2. The Labute approximate surface area is 257 Å². The molecule has 2 amide bonds. The molecular formula is C31H38BrN3O6S. The van der Waals surface area contributed by atoms with Crippen molar-refractivity contribution in [1.29, 1.82) is 0 Å². The van der Waals surface area contributed by atoms with Crippen LogP contribution in [0, 0.1) is 12.8 Å². The number of carbonyl (C=O) groups is 2. The Kier molecular flexibility index (Phi) is 11.4. The predicted molar refractivity (Wildman–Crippen MR) is 167 cm³/mol. The molecule has 3 aromatic carbocycles. The molecule has 0 fully saturated rings. The maximum absolute atomic E-state index is 14.0. The molecule has 0 saturated carbocycles. The zero-order valence-corrected chi connectivity index (χ0v) is 27.2. The van der Waals surface area contributed by atoms with Crippen molar-refractivity contribution in [2.45, 2.75) is 45.2 Å². The lowest BCUT2D eigenvalue weighted by Gasteiger charge is -2.32. The number of nitrogens with one attached hydrogen (secondary N) is 1. The molecule has 0 aliphatic heterocycles. The minimum atomic E-state index is -4.21. The van der Waals surface area contributed by atoms with Crippen molar-refractivity contribution in [2.24, 2.45) is 5.92 Å². The second-order valence-electron chi connectivity index (χ2n) is 10.3. The summed E-state index contributed by atoms with van der Waals surface area (Å²) in [7, 11) is -1.16. The number of hydrogen-bond donors (Lipinski definition) is 1. The molecule has 0 bridgehead atoms. The maximum Gasteiger partial charge on any atom is 0.264 e. The van der Waals surface area contributed by atoms with E-state index in [4.69, 9.17) is 9.47 Å². The fraction of sp³-hybridized carbons (Fsp3) is 0.355. The van der Waals surface area contributed by atoms with Gasteiger partial charge in [0.1, 0.15) is 24.1 Å². The van der Waals surface area contributed by atoms with Crippen molar-refractivity contribution >= 4 is 43.5 Å². The Morgan fingerprint density at radius 2 is 1.57 bits per heavy atom. The summed E-state index contributed by atoms with van der Waals surface area (Å²) in [4.78, 5) is 28.5. The first kappa shape index (κ1) is 32.9. The smallest absolute Gasteiger partial charge is 0.264 e. The van der Waals surface area contributed by atoms with Crippen molar-refractivity contribution in [3.63, 3.8) is 0 Å². The third-order valence-electron chi connectivity index (χ3n) is 6.68. The van der Waals surface area contributed by atoms with E-state index >= 15 is 0 Å². The molecule has 226 valence electrons. The summed E-state index contributed by atoms with van der Waals surface area (Å²) in [5.41, 5.74) is 2.02. The van der Waals surface area contributed by atoms with Crippen molar-refractivity contribution in [2.75, 3.05) is 31.6 Å². The highest BCUT2D eigenvalue weighted by atomic mass is 79.9. The highest BCUT2D eigenvalue weighted by molar-refractivity contribution is 9.10. The fourth-order valence-electron chi connectivity index (χ4n) is 4.14. The molecule has 0 saturated heterocycles. The summed E-state index contributed by atoms with van der Waals surface area (Å²) >= 11 is 3.36. The van der Waals surface area contributed by atoms with Crippen LogP contribution in [0.1, 0.15) is 31.9 Å². The highest BCUT2D eigenvalue weighted by Crippen LogP contribution is 2.31. The van der Waals surface area contributed by atoms with Crippen LogP contribution in [0.3, 0.4) is 0 Å². The van der Waals surface area contributed by atoms with E-state index in [0.29, 0.717) is 28.2 Å². The number of methoxy groups -OCH3 is 2. The molecule has 0 aromatic heterocycles. The zero-order valence-electron chi connectivity index (χ0n) is 24.8. The molecule has 0 radical (unpaired) electrons. The molecule has 0 aliphatic rings. The van der Waals surface area contributed by atoms with Gasteiger partial charge >= 0.3 is 0 Å². The maximum atomic E-state index is 14.0. The van der Waals surface area contributed by atoms with E-state index in [0.717, 1.165) is 15.4 Å². The Morgan fingerprint density at radius 1 is 0.929 bits per heavy atom. The number of sulfonamides is 1. The topological polar surface area (TPSA) is 105 Å². The van der Waals surface area contributed by atoms with Crippen LogP contribution in [0.15, 0.2) is 76.1 Å². The molecule has 3 rings (SSSR count). The first-order chi connectivity index (χ1) is 19.9. The number of rotatable bonds is 13. The normalized spacial score (nSPS) is 12.0. The van der Waals surface area contributed by atoms with Crippen LogP contribution in [0.25, 0.3) is 0 Å². The number of nitrogens with zero attached hydrogens (tertiary/aromatic N) is 2. The van der Waals surface area contributed by atoms with E-state index in [1.165, 1.54) is 24.1 Å². The summed E-state index contributed by atoms with van der Waals surface area (Å²) < 4.78 is 40.1. The molecule has 0 aliphatic carbocycles. The molecule has 1 atom stereocenters. The first-order valence-corrected chi connectivity index (χ1v) is 15.7. The molecule has 42 heavy (non-hydrogen) atoms. The molecule has 1 N–H and O–H groups in total. The third kappa shape index (κ3) is 8.25. The van der Waals surface area contributed by atoms with Gasteiger partial charge in [-0.2, -0.15) is 0 Å². The van der Waals surface area contributed by atoms with Crippen LogP contribution >= 0.6 is 15.9 Å². The van der Waals surface area contributed by atoms with Crippen LogP contribution < -0.4 is 19.1 Å². The van der Waals surface area contributed by atoms with Gasteiger partial charge in [-0.25, -0.2) is 8.42 Å². The first-order valence-electron chi connectivity index (χ1n) is 13.5. The van der Waals surface area contributed by atoms with E-state index in [9.17, 15) is 18.0 Å². The van der Waals surface area contributed by atoms with Gasteiger partial charge in [-0.3, -0.25) is 13.9 Å². The number of benzene rings is 3. The second kappa shape index (κ2) is 14.6. The highest BCUT2D eigenvalue weighted by Gasteiger charge is 2.33. The number of aryl methyl sites for hydroxylation is 1. The van der Waals surface area contributed by atoms with Crippen molar-refractivity contribution in [1.82, 2.24) is 10.2 Å². The van der Waals surface area contributed by atoms with Crippen LogP contribution in [-0.4, -0.2) is 58.5 Å². The van der Waals surface area contributed by atoms with Gasteiger partial charge < -0.3 is 19.7 Å². The fourth-order valence-corrected chi connectivity index (χ4v) is 6.27. The van der Waals surface area contributed by atoms with Crippen LogP contribution in [0.5, 0.6) is 11.5 Å².